The van der Waals surface area contributed by atoms with Gasteiger partial charge in [-0.15, -0.1) is 0 Å². The molecule has 150 valence electrons. The smallest absolute Gasteiger partial charge is 0.248 e. The monoisotopic (exact) mass is 381 g/mol. The van der Waals surface area contributed by atoms with E-state index in [1.165, 1.54) is 0 Å². The molecule has 0 radical (unpaired) electrons. The molecule has 0 aliphatic carbocycles. The number of carbonyl (C=O) groups is 1. The summed E-state index contributed by atoms with van der Waals surface area (Å²) in [5.41, 5.74) is 0. The molecule has 3 atom stereocenters. The first-order chi connectivity index (χ1) is 13.1. The van der Waals surface area contributed by atoms with Gasteiger partial charge in [0.1, 0.15) is 24.6 Å². The predicted molar refractivity (Wildman–Crippen MR) is 96.1 cm³/mol. The molecule has 27 heavy (non-hydrogen) atoms. The van der Waals surface area contributed by atoms with Crippen molar-refractivity contribution in [3.05, 3.63) is 18.2 Å². The van der Waals surface area contributed by atoms with Crippen molar-refractivity contribution in [3.8, 4) is 17.2 Å². The Kier molecular flexibility index (Phi) is 7.14. The first-order valence-electron chi connectivity index (χ1n) is 9.33. The SMILES string of the molecule is CC(OCC1CCCCO1)C(=O)NCC(O)COc1ccc2c(c1)OCO2. The Bertz CT molecular complexity index is 618. The highest BCUT2D eigenvalue weighted by atomic mass is 16.7. The summed E-state index contributed by atoms with van der Waals surface area (Å²) in [4.78, 5) is 12.1. The topological polar surface area (TPSA) is 95.5 Å². The van der Waals surface area contributed by atoms with Gasteiger partial charge >= 0.3 is 0 Å². The number of benzene rings is 1. The summed E-state index contributed by atoms with van der Waals surface area (Å²) in [6.07, 6.45) is 1.80. The number of amides is 1. The van der Waals surface area contributed by atoms with E-state index in [0.717, 1.165) is 25.9 Å². The number of ether oxygens (including phenoxy) is 5. The average molecular weight is 381 g/mol. The second kappa shape index (κ2) is 9.77. The zero-order valence-corrected chi connectivity index (χ0v) is 15.5. The molecule has 1 saturated heterocycles. The van der Waals surface area contributed by atoms with E-state index in [1.807, 2.05) is 0 Å². The van der Waals surface area contributed by atoms with Crippen LogP contribution in [0.4, 0.5) is 0 Å². The van der Waals surface area contributed by atoms with Crippen molar-refractivity contribution < 1.29 is 33.6 Å². The van der Waals surface area contributed by atoms with E-state index in [2.05, 4.69) is 5.32 Å². The van der Waals surface area contributed by atoms with Gasteiger partial charge in [-0.3, -0.25) is 4.79 Å². The maximum absolute atomic E-state index is 12.1. The second-order valence-electron chi connectivity index (χ2n) is 6.69. The number of aliphatic hydroxyl groups is 1. The normalized spacial score (nSPS) is 20.7. The first-order valence-corrected chi connectivity index (χ1v) is 9.33. The molecule has 0 spiro atoms. The van der Waals surface area contributed by atoms with Crippen LogP contribution in [-0.2, 0) is 14.3 Å². The number of carbonyl (C=O) groups excluding carboxylic acids is 1. The van der Waals surface area contributed by atoms with Gasteiger partial charge < -0.3 is 34.1 Å². The zero-order valence-electron chi connectivity index (χ0n) is 15.5. The lowest BCUT2D eigenvalue weighted by Crippen LogP contribution is -2.41. The summed E-state index contributed by atoms with van der Waals surface area (Å²) < 4.78 is 27.2. The summed E-state index contributed by atoms with van der Waals surface area (Å²) in [7, 11) is 0. The third-order valence-corrected chi connectivity index (χ3v) is 4.47. The fourth-order valence-corrected chi connectivity index (χ4v) is 2.85. The lowest BCUT2D eigenvalue weighted by atomic mass is 10.1. The minimum Gasteiger partial charge on any atom is -0.491 e. The van der Waals surface area contributed by atoms with Crippen molar-refractivity contribution in [1.29, 1.82) is 0 Å². The van der Waals surface area contributed by atoms with E-state index >= 15 is 0 Å². The predicted octanol–water partition coefficient (Wildman–Crippen LogP) is 1.25. The molecule has 2 heterocycles. The minimum atomic E-state index is -0.840. The van der Waals surface area contributed by atoms with Crippen LogP contribution in [0.5, 0.6) is 17.2 Å². The van der Waals surface area contributed by atoms with Crippen LogP contribution < -0.4 is 19.5 Å². The summed E-state index contributed by atoms with van der Waals surface area (Å²) in [5.74, 6) is 1.58. The summed E-state index contributed by atoms with van der Waals surface area (Å²) in [5, 5.41) is 12.7. The maximum atomic E-state index is 12.1. The van der Waals surface area contributed by atoms with E-state index in [0.29, 0.717) is 23.9 Å². The van der Waals surface area contributed by atoms with Gasteiger partial charge in [0.15, 0.2) is 11.5 Å². The fraction of sp³-hybridized carbons (Fsp3) is 0.632. The molecule has 2 aliphatic rings. The van der Waals surface area contributed by atoms with Gasteiger partial charge in [-0.25, -0.2) is 0 Å². The summed E-state index contributed by atoms with van der Waals surface area (Å²) >= 11 is 0. The van der Waals surface area contributed by atoms with Gasteiger partial charge in [-0.2, -0.15) is 0 Å². The molecule has 3 rings (SSSR count). The Morgan fingerprint density at radius 3 is 3.00 bits per heavy atom. The molecule has 0 bridgehead atoms. The molecule has 0 aromatic heterocycles. The number of nitrogens with one attached hydrogen (secondary N) is 1. The van der Waals surface area contributed by atoms with Crippen LogP contribution in [0, 0.1) is 0 Å². The number of fused-ring (bicyclic) bond motifs is 1. The molecule has 2 N–H and O–H groups in total. The molecule has 1 amide bonds. The number of hydrogen-bond donors (Lipinski definition) is 2. The van der Waals surface area contributed by atoms with Crippen molar-refractivity contribution in [2.45, 2.75) is 44.5 Å². The number of aliphatic hydroxyl groups excluding tert-OH is 1. The van der Waals surface area contributed by atoms with Crippen molar-refractivity contribution in [3.63, 3.8) is 0 Å². The Labute approximate surface area is 158 Å². The van der Waals surface area contributed by atoms with Crippen LogP contribution in [0.3, 0.4) is 0 Å². The number of hydrogen-bond acceptors (Lipinski definition) is 7. The van der Waals surface area contributed by atoms with Gasteiger partial charge in [0.05, 0.1) is 12.7 Å². The molecule has 1 aromatic rings. The molecule has 8 heteroatoms. The van der Waals surface area contributed by atoms with Gasteiger partial charge in [0, 0.05) is 19.2 Å². The second-order valence-corrected chi connectivity index (χ2v) is 6.69. The third-order valence-electron chi connectivity index (χ3n) is 4.47. The molecule has 0 saturated carbocycles. The van der Waals surface area contributed by atoms with Crippen molar-refractivity contribution in [1.82, 2.24) is 5.32 Å². The van der Waals surface area contributed by atoms with Gasteiger partial charge in [0.2, 0.25) is 12.7 Å². The largest absolute Gasteiger partial charge is 0.491 e. The molecule has 8 nitrogen and oxygen atoms in total. The van der Waals surface area contributed by atoms with Crippen LogP contribution in [0.1, 0.15) is 26.2 Å². The number of rotatable bonds is 9. The van der Waals surface area contributed by atoms with E-state index in [-0.39, 0.29) is 32.0 Å². The molecular formula is C19H27NO7. The van der Waals surface area contributed by atoms with E-state index in [1.54, 1.807) is 25.1 Å². The van der Waals surface area contributed by atoms with Crippen LogP contribution in [0.15, 0.2) is 18.2 Å². The first kappa shape index (κ1) is 19.7. The van der Waals surface area contributed by atoms with Crippen molar-refractivity contribution in [2.75, 3.05) is 33.2 Å². The zero-order chi connectivity index (χ0) is 19.1. The standard InChI is InChI=1S/C19H27NO7/c1-13(24-11-16-4-2-3-7-23-16)19(22)20-9-14(21)10-25-15-5-6-17-18(8-15)27-12-26-17/h5-6,8,13-14,16,21H,2-4,7,9-12H2,1H3,(H,20,22). The maximum Gasteiger partial charge on any atom is 0.248 e. The van der Waals surface area contributed by atoms with E-state index in [4.69, 9.17) is 23.7 Å². The Morgan fingerprint density at radius 2 is 2.19 bits per heavy atom. The minimum absolute atomic E-state index is 0.0467. The molecule has 1 fully saturated rings. The lowest BCUT2D eigenvalue weighted by Gasteiger charge is -2.24. The highest BCUT2D eigenvalue weighted by Crippen LogP contribution is 2.35. The highest BCUT2D eigenvalue weighted by molar-refractivity contribution is 5.80. The van der Waals surface area contributed by atoms with Crippen molar-refractivity contribution >= 4 is 5.91 Å². The Morgan fingerprint density at radius 1 is 1.33 bits per heavy atom. The van der Waals surface area contributed by atoms with Gasteiger partial charge in [-0.05, 0) is 38.3 Å². The van der Waals surface area contributed by atoms with E-state index < -0.39 is 12.2 Å². The van der Waals surface area contributed by atoms with Crippen LogP contribution in [0.25, 0.3) is 0 Å². The van der Waals surface area contributed by atoms with Crippen molar-refractivity contribution in [2.24, 2.45) is 0 Å². The molecular weight excluding hydrogens is 354 g/mol. The van der Waals surface area contributed by atoms with Gasteiger partial charge in [0.25, 0.3) is 0 Å². The molecule has 2 aliphatic heterocycles. The summed E-state index contributed by atoms with van der Waals surface area (Å²) in [6.45, 7) is 3.17. The lowest BCUT2D eigenvalue weighted by molar-refractivity contribution is -0.136. The highest BCUT2D eigenvalue weighted by Gasteiger charge is 2.20. The van der Waals surface area contributed by atoms with E-state index in [9.17, 15) is 9.90 Å². The van der Waals surface area contributed by atoms with Crippen LogP contribution in [-0.4, -0.2) is 62.5 Å². The molecule has 1 aromatic carbocycles. The molecule has 3 unspecified atom stereocenters. The fourth-order valence-electron chi connectivity index (χ4n) is 2.85. The summed E-state index contributed by atoms with van der Waals surface area (Å²) in [6, 6.07) is 5.19. The third kappa shape index (κ3) is 5.98. The Hall–Kier alpha value is -2.03. The average Bonchev–Trinajstić information content (AvgIpc) is 3.17. The van der Waals surface area contributed by atoms with Crippen LogP contribution >= 0.6 is 0 Å². The van der Waals surface area contributed by atoms with Gasteiger partial charge in [-0.1, -0.05) is 0 Å². The van der Waals surface area contributed by atoms with Crippen LogP contribution in [0.2, 0.25) is 0 Å². The Balaban J connectivity index is 1.31. The quantitative estimate of drug-likeness (QED) is 0.665.